The van der Waals surface area contributed by atoms with E-state index < -0.39 is 57.5 Å². The Kier molecular flexibility index (Phi) is 7.18. The molecule has 0 aromatic rings. The number of rotatable bonds is 3. The first-order chi connectivity index (χ1) is 18.9. The second-order valence-electron chi connectivity index (χ2n) is 15.6. The first kappa shape index (κ1) is 31.0. The van der Waals surface area contributed by atoms with Gasteiger partial charge in [0.05, 0.1) is 24.9 Å². The van der Waals surface area contributed by atoms with E-state index in [1.807, 2.05) is 13.0 Å². The lowest BCUT2D eigenvalue weighted by Crippen LogP contribution is -2.72. The van der Waals surface area contributed by atoms with E-state index >= 15 is 0 Å². The van der Waals surface area contributed by atoms with Gasteiger partial charge in [-0.3, -0.25) is 9.59 Å². The second kappa shape index (κ2) is 9.51. The topological polar surface area (TPSA) is 134 Å². The lowest BCUT2D eigenvalue weighted by Gasteiger charge is -2.72. The van der Waals surface area contributed by atoms with E-state index in [9.17, 15) is 30.0 Å². The number of aliphatic hydroxyl groups is 4. The number of hydrogen-bond donors (Lipinski definition) is 4. The third-order valence-electron chi connectivity index (χ3n) is 14.0. The number of carbonyl (C=O) groups excluding carboxylic acids is 2. The molecule has 0 amide bonds. The molecular formula is C33H52O8. The third-order valence-corrected chi connectivity index (χ3v) is 14.0. The average molecular weight is 577 g/mol. The van der Waals surface area contributed by atoms with Gasteiger partial charge < -0.3 is 29.9 Å². The quantitative estimate of drug-likeness (QED) is 0.295. The van der Waals surface area contributed by atoms with E-state index in [1.54, 1.807) is 6.92 Å². The van der Waals surface area contributed by atoms with Crippen molar-refractivity contribution in [3.63, 3.8) is 0 Å². The molecule has 232 valence electrons. The molecule has 8 heteroatoms. The Labute approximate surface area is 244 Å². The molecule has 4 N–H and O–H groups in total. The fourth-order valence-corrected chi connectivity index (χ4v) is 11.7. The van der Waals surface area contributed by atoms with E-state index in [1.165, 1.54) is 14.0 Å². The fourth-order valence-electron chi connectivity index (χ4n) is 11.7. The van der Waals surface area contributed by atoms with Crippen molar-refractivity contribution in [2.45, 2.75) is 117 Å². The summed E-state index contributed by atoms with van der Waals surface area (Å²) in [6.45, 7) is 13.6. The smallest absolute Gasteiger partial charge is 0.315 e. The molecule has 0 radical (unpaired) electrons. The monoisotopic (exact) mass is 576 g/mol. The van der Waals surface area contributed by atoms with E-state index in [-0.39, 0.29) is 42.1 Å². The molecule has 13 atom stereocenters. The number of fused-ring (bicyclic) bond motifs is 7. The molecule has 5 aliphatic carbocycles. The van der Waals surface area contributed by atoms with E-state index in [4.69, 9.17) is 9.47 Å². The summed E-state index contributed by atoms with van der Waals surface area (Å²) in [7, 11) is 1.32. The highest BCUT2D eigenvalue weighted by Gasteiger charge is 2.74. The first-order valence-corrected chi connectivity index (χ1v) is 15.6. The highest BCUT2D eigenvalue weighted by atomic mass is 16.6. The molecule has 0 aliphatic heterocycles. The minimum absolute atomic E-state index is 0.00516. The highest BCUT2D eigenvalue weighted by Crippen LogP contribution is 2.76. The van der Waals surface area contributed by atoms with Crippen molar-refractivity contribution in [3.8, 4) is 0 Å². The van der Waals surface area contributed by atoms with Crippen molar-refractivity contribution in [1.29, 1.82) is 0 Å². The minimum atomic E-state index is -1.29. The predicted molar refractivity (Wildman–Crippen MR) is 152 cm³/mol. The van der Waals surface area contributed by atoms with Crippen LogP contribution in [0.5, 0.6) is 0 Å². The van der Waals surface area contributed by atoms with E-state index in [0.29, 0.717) is 6.42 Å². The number of esters is 2. The van der Waals surface area contributed by atoms with Crippen LogP contribution in [0.25, 0.3) is 0 Å². The van der Waals surface area contributed by atoms with Crippen LogP contribution in [-0.2, 0) is 19.1 Å². The Morgan fingerprint density at radius 2 is 1.68 bits per heavy atom. The molecule has 0 heterocycles. The molecule has 5 rings (SSSR count). The SMILES string of the molecule is COC(=O)[C@@]1(C)[C@@H]2CC[C@]3(C)[C@H]([C@H](O)C=C4[C@H]5[C@](CO)(CC[C@@H](C)[C@@]5(C)O)CC[C@]43C)[C@@]2(C)C[C@@H](O)[C@@H]1OC(C)=O. The number of ether oxygens (including phenoxy) is 2. The van der Waals surface area contributed by atoms with Crippen molar-refractivity contribution >= 4 is 11.9 Å². The van der Waals surface area contributed by atoms with Crippen molar-refractivity contribution in [3.05, 3.63) is 11.6 Å². The number of methoxy groups -OCH3 is 1. The van der Waals surface area contributed by atoms with Crippen molar-refractivity contribution in [2.24, 2.45) is 50.7 Å². The molecule has 0 unspecified atom stereocenters. The summed E-state index contributed by atoms with van der Waals surface area (Å²) in [5, 5.41) is 46.5. The lowest BCUT2D eigenvalue weighted by atomic mass is 9.32. The minimum Gasteiger partial charge on any atom is -0.468 e. The Morgan fingerprint density at radius 3 is 2.27 bits per heavy atom. The van der Waals surface area contributed by atoms with Crippen LogP contribution < -0.4 is 0 Å². The van der Waals surface area contributed by atoms with Crippen LogP contribution in [0.2, 0.25) is 0 Å². The molecule has 41 heavy (non-hydrogen) atoms. The summed E-state index contributed by atoms with van der Waals surface area (Å²) in [5.41, 5.74) is -3.13. The molecule has 5 aliphatic rings. The molecule has 0 spiro atoms. The van der Waals surface area contributed by atoms with Crippen molar-refractivity contribution in [2.75, 3.05) is 13.7 Å². The number of carbonyl (C=O) groups is 2. The van der Waals surface area contributed by atoms with Gasteiger partial charge in [0.2, 0.25) is 0 Å². The largest absolute Gasteiger partial charge is 0.468 e. The summed E-state index contributed by atoms with van der Waals surface area (Å²) in [6.07, 6.45) is 3.89. The van der Waals surface area contributed by atoms with Gasteiger partial charge in [-0.25, -0.2) is 0 Å². The van der Waals surface area contributed by atoms with Gasteiger partial charge in [0.25, 0.3) is 0 Å². The van der Waals surface area contributed by atoms with Crippen molar-refractivity contribution in [1.82, 2.24) is 0 Å². The molecule has 4 fully saturated rings. The van der Waals surface area contributed by atoms with Gasteiger partial charge >= 0.3 is 11.9 Å². The van der Waals surface area contributed by atoms with Gasteiger partial charge in [-0.2, -0.15) is 0 Å². The maximum absolute atomic E-state index is 13.5. The van der Waals surface area contributed by atoms with Gasteiger partial charge in [0.1, 0.15) is 11.5 Å². The van der Waals surface area contributed by atoms with Crippen molar-refractivity contribution < 1.29 is 39.5 Å². The molecule has 0 aromatic heterocycles. The van der Waals surface area contributed by atoms with Crippen LogP contribution in [0, 0.1) is 50.7 Å². The van der Waals surface area contributed by atoms with Crippen LogP contribution in [0.15, 0.2) is 11.6 Å². The maximum atomic E-state index is 13.5. The van der Waals surface area contributed by atoms with Crippen LogP contribution in [-0.4, -0.2) is 70.0 Å². The number of aliphatic hydroxyl groups excluding tert-OH is 3. The Morgan fingerprint density at radius 1 is 1.02 bits per heavy atom. The van der Waals surface area contributed by atoms with Gasteiger partial charge in [-0.15, -0.1) is 0 Å². The van der Waals surface area contributed by atoms with Crippen LogP contribution >= 0.6 is 0 Å². The normalized spacial score (nSPS) is 54.4. The zero-order valence-electron chi connectivity index (χ0n) is 26.2. The molecule has 0 aromatic carbocycles. The summed E-state index contributed by atoms with van der Waals surface area (Å²) in [6, 6.07) is 0. The van der Waals surface area contributed by atoms with Gasteiger partial charge in [0.15, 0.2) is 0 Å². The summed E-state index contributed by atoms with van der Waals surface area (Å²) in [4.78, 5) is 25.6. The van der Waals surface area contributed by atoms with E-state index in [0.717, 1.165) is 37.7 Å². The zero-order chi connectivity index (χ0) is 30.6. The van der Waals surface area contributed by atoms with Gasteiger partial charge in [0, 0.05) is 30.8 Å². The van der Waals surface area contributed by atoms with Crippen LogP contribution in [0.3, 0.4) is 0 Å². The second-order valence-corrected chi connectivity index (χ2v) is 15.6. The zero-order valence-corrected chi connectivity index (χ0v) is 26.2. The van der Waals surface area contributed by atoms with Gasteiger partial charge in [-0.05, 0) is 86.9 Å². The molecule has 0 saturated heterocycles. The summed E-state index contributed by atoms with van der Waals surface area (Å²) >= 11 is 0. The average Bonchev–Trinajstić information content (AvgIpc) is 2.88. The number of hydrogen-bond acceptors (Lipinski definition) is 8. The van der Waals surface area contributed by atoms with Crippen LogP contribution in [0.1, 0.15) is 93.4 Å². The molecule has 8 nitrogen and oxygen atoms in total. The Balaban J connectivity index is 1.67. The predicted octanol–water partition coefficient (Wildman–Crippen LogP) is 3.78. The Hall–Kier alpha value is -1.48. The lowest BCUT2D eigenvalue weighted by molar-refractivity contribution is -0.261. The summed E-state index contributed by atoms with van der Waals surface area (Å²) < 4.78 is 10.9. The first-order valence-electron chi connectivity index (χ1n) is 15.6. The van der Waals surface area contributed by atoms with Crippen LogP contribution in [0.4, 0.5) is 0 Å². The fraction of sp³-hybridized carbons (Fsp3) is 0.879. The maximum Gasteiger partial charge on any atom is 0.315 e. The highest BCUT2D eigenvalue weighted by molar-refractivity contribution is 5.79. The van der Waals surface area contributed by atoms with E-state index in [2.05, 4.69) is 27.7 Å². The molecule has 4 saturated carbocycles. The van der Waals surface area contributed by atoms with Gasteiger partial charge in [-0.1, -0.05) is 39.3 Å². The Bertz CT molecular complexity index is 1130. The molecule has 0 bridgehead atoms. The summed E-state index contributed by atoms with van der Waals surface area (Å²) in [5.74, 6) is -1.90. The molecular weight excluding hydrogens is 524 g/mol. The third kappa shape index (κ3) is 3.78. The standard InChI is InChI=1S/C33H52O8/c1-18-9-12-33(17-34)14-13-29(4)20(24(33)32(18,7)39)15-21(36)25-28(3)16-22(37)26(41-19(2)35)31(6,27(38)40-8)23(28)10-11-30(25,29)5/h15,18,21-26,34,36-37,39H,9-14,16-17H2,1-8H3/t18-,21-,22-,23-,24-,25-,26+,28+,29-,30-,31+,32-,33-/m1/s1.